The van der Waals surface area contributed by atoms with Gasteiger partial charge in [0, 0.05) is 25.8 Å². The molecule has 0 atom stereocenters. The molecule has 0 saturated carbocycles. The molecule has 0 bridgehead atoms. The number of hydrogen-bond donors (Lipinski definition) is 0. The number of halogens is 1. The maximum atomic E-state index is 9.02. The maximum absolute atomic E-state index is 9.02. The first-order chi connectivity index (χ1) is 9.28. The predicted molar refractivity (Wildman–Crippen MR) is 81.1 cm³/mol. The molecule has 3 rings (SSSR count). The van der Waals surface area contributed by atoms with Crippen molar-refractivity contribution in [1.29, 1.82) is 5.26 Å². The highest BCUT2D eigenvalue weighted by Crippen LogP contribution is 2.28. The van der Waals surface area contributed by atoms with Gasteiger partial charge in [-0.3, -0.25) is 4.90 Å². The Kier molecular flexibility index (Phi) is 3.49. The van der Waals surface area contributed by atoms with Crippen LogP contribution < -0.4 is 0 Å². The molecule has 3 nitrogen and oxygen atoms in total. The van der Waals surface area contributed by atoms with Crippen LogP contribution in [0.2, 0.25) is 0 Å². The lowest BCUT2D eigenvalue weighted by Crippen LogP contribution is -2.15. The molecule has 2 heterocycles. The number of benzene rings is 1. The van der Waals surface area contributed by atoms with E-state index in [1.54, 1.807) is 0 Å². The van der Waals surface area contributed by atoms with Gasteiger partial charge in [0.1, 0.15) is 6.07 Å². The second-order valence-electron chi connectivity index (χ2n) is 4.67. The summed E-state index contributed by atoms with van der Waals surface area (Å²) in [6.07, 6.45) is 1.85. The number of rotatable bonds is 2. The summed E-state index contributed by atoms with van der Waals surface area (Å²) in [5, 5.41) is 9.02. The Morgan fingerprint density at radius 3 is 2.79 bits per heavy atom. The fourth-order valence-electron chi connectivity index (χ4n) is 2.42. The fraction of sp³-hybridized carbons (Fsp3) is 0.200. The molecular weight excluding hydrogens is 349 g/mol. The van der Waals surface area contributed by atoms with Gasteiger partial charge < -0.3 is 0 Å². The Morgan fingerprint density at radius 2 is 2.05 bits per heavy atom. The van der Waals surface area contributed by atoms with E-state index in [9.17, 15) is 0 Å². The molecule has 0 saturated heterocycles. The number of pyridine rings is 1. The first-order valence-electron chi connectivity index (χ1n) is 6.10. The Balaban J connectivity index is 1.82. The lowest BCUT2D eigenvalue weighted by molar-refractivity contribution is 0.275. The number of nitrogens with zero attached hydrogens (tertiary/aromatic N) is 3. The van der Waals surface area contributed by atoms with Crippen molar-refractivity contribution < 1.29 is 0 Å². The van der Waals surface area contributed by atoms with E-state index in [0.717, 1.165) is 23.2 Å². The third-order valence-corrected chi connectivity index (χ3v) is 4.50. The van der Waals surface area contributed by atoms with E-state index >= 15 is 0 Å². The molecule has 0 unspecified atom stereocenters. The molecule has 1 aliphatic rings. The molecule has 1 aromatic carbocycles. The minimum Gasteiger partial charge on any atom is -0.290 e. The maximum Gasteiger partial charge on any atom is 0.154 e. The van der Waals surface area contributed by atoms with Crippen molar-refractivity contribution in [2.75, 3.05) is 0 Å². The van der Waals surface area contributed by atoms with Gasteiger partial charge in [0.15, 0.2) is 5.69 Å². The Hall–Kier alpha value is -1.45. The van der Waals surface area contributed by atoms with Gasteiger partial charge in [-0.1, -0.05) is 30.3 Å². The molecule has 2 aromatic rings. The van der Waals surface area contributed by atoms with Gasteiger partial charge in [-0.25, -0.2) is 4.98 Å². The topological polar surface area (TPSA) is 39.9 Å². The van der Waals surface area contributed by atoms with Crippen molar-refractivity contribution in [3.8, 4) is 6.07 Å². The SMILES string of the molecule is N#Cc1ncc2c(c1I)CN(Cc1ccccc1)C2. The van der Waals surface area contributed by atoms with Gasteiger partial charge in [0.05, 0.1) is 3.57 Å². The van der Waals surface area contributed by atoms with Crippen LogP contribution in [0.4, 0.5) is 0 Å². The second-order valence-corrected chi connectivity index (χ2v) is 5.75. The number of aromatic nitrogens is 1. The summed E-state index contributed by atoms with van der Waals surface area (Å²) in [4.78, 5) is 6.59. The van der Waals surface area contributed by atoms with E-state index < -0.39 is 0 Å². The molecule has 0 spiro atoms. The van der Waals surface area contributed by atoms with Crippen LogP contribution >= 0.6 is 22.6 Å². The van der Waals surface area contributed by atoms with Crippen molar-refractivity contribution in [1.82, 2.24) is 9.88 Å². The average Bonchev–Trinajstić information content (AvgIpc) is 2.84. The minimum absolute atomic E-state index is 0.543. The zero-order chi connectivity index (χ0) is 13.2. The highest BCUT2D eigenvalue weighted by molar-refractivity contribution is 14.1. The summed E-state index contributed by atoms with van der Waals surface area (Å²) in [5.41, 5.74) is 4.38. The van der Waals surface area contributed by atoms with Crippen molar-refractivity contribution in [2.24, 2.45) is 0 Å². The predicted octanol–water partition coefficient (Wildman–Crippen LogP) is 3.07. The molecule has 1 aliphatic heterocycles. The quantitative estimate of drug-likeness (QED) is 0.772. The molecule has 0 radical (unpaired) electrons. The van der Waals surface area contributed by atoms with Crippen LogP contribution in [-0.4, -0.2) is 9.88 Å². The molecule has 0 fully saturated rings. The summed E-state index contributed by atoms with van der Waals surface area (Å²) >= 11 is 2.24. The molecule has 0 N–H and O–H groups in total. The van der Waals surface area contributed by atoms with Crippen molar-refractivity contribution >= 4 is 22.6 Å². The monoisotopic (exact) mass is 361 g/mol. The van der Waals surface area contributed by atoms with Gasteiger partial charge in [-0.15, -0.1) is 0 Å². The summed E-state index contributed by atoms with van der Waals surface area (Å²) in [5.74, 6) is 0. The molecule has 0 amide bonds. The first-order valence-corrected chi connectivity index (χ1v) is 7.18. The molecule has 4 heteroatoms. The van der Waals surface area contributed by atoms with E-state index in [0.29, 0.717) is 5.69 Å². The van der Waals surface area contributed by atoms with Crippen molar-refractivity contribution in [3.05, 3.63) is 62.5 Å². The Bertz CT molecular complexity index is 646. The fourth-order valence-corrected chi connectivity index (χ4v) is 3.20. The summed E-state index contributed by atoms with van der Waals surface area (Å²) in [7, 11) is 0. The smallest absolute Gasteiger partial charge is 0.154 e. The summed E-state index contributed by atoms with van der Waals surface area (Å²) in [6.45, 7) is 2.76. The van der Waals surface area contributed by atoms with Gasteiger partial charge in [0.25, 0.3) is 0 Å². The zero-order valence-corrected chi connectivity index (χ0v) is 12.5. The number of hydrogen-bond acceptors (Lipinski definition) is 3. The Labute approximate surface area is 126 Å². The normalized spacial score (nSPS) is 14.1. The number of fused-ring (bicyclic) bond motifs is 1. The Morgan fingerprint density at radius 1 is 1.26 bits per heavy atom. The second kappa shape index (κ2) is 5.27. The van der Waals surface area contributed by atoms with E-state index in [4.69, 9.17) is 5.26 Å². The highest BCUT2D eigenvalue weighted by atomic mass is 127. The van der Waals surface area contributed by atoms with Gasteiger partial charge in [0.2, 0.25) is 0 Å². The standard InChI is InChI=1S/C15H12IN3/c16-15-13-10-19(8-11-4-2-1-3-5-11)9-12(13)7-18-14(15)6-17/h1-5,7H,8-10H2. The summed E-state index contributed by atoms with van der Waals surface area (Å²) in [6, 6.07) is 12.6. The summed E-state index contributed by atoms with van der Waals surface area (Å²) < 4.78 is 1.01. The number of nitriles is 1. The van der Waals surface area contributed by atoms with Crippen LogP contribution in [0.5, 0.6) is 0 Å². The van der Waals surface area contributed by atoms with E-state index in [2.05, 4.69) is 62.8 Å². The lowest BCUT2D eigenvalue weighted by Gasteiger charge is -2.14. The van der Waals surface area contributed by atoms with Crippen LogP contribution in [0.25, 0.3) is 0 Å². The van der Waals surface area contributed by atoms with Crippen LogP contribution in [-0.2, 0) is 19.6 Å². The average molecular weight is 361 g/mol. The van der Waals surface area contributed by atoms with Crippen LogP contribution in [0.15, 0.2) is 36.5 Å². The van der Waals surface area contributed by atoms with Crippen LogP contribution in [0.1, 0.15) is 22.4 Å². The van der Waals surface area contributed by atoms with E-state index in [1.807, 2.05) is 12.3 Å². The molecule has 1 aromatic heterocycles. The lowest BCUT2D eigenvalue weighted by atomic mass is 10.1. The minimum atomic E-state index is 0.543. The van der Waals surface area contributed by atoms with Gasteiger partial charge in [-0.05, 0) is 39.3 Å². The van der Waals surface area contributed by atoms with Crippen molar-refractivity contribution in [3.63, 3.8) is 0 Å². The van der Waals surface area contributed by atoms with Crippen LogP contribution in [0.3, 0.4) is 0 Å². The van der Waals surface area contributed by atoms with E-state index in [-0.39, 0.29) is 0 Å². The van der Waals surface area contributed by atoms with E-state index in [1.165, 1.54) is 16.7 Å². The van der Waals surface area contributed by atoms with Gasteiger partial charge in [-0.2, -0.15) is 5.26 Å². The third-order valence-electron chi connectivity index (χ3n) is 3.34. The molecule has 94 valence electrons. The first kappa shape index (κ1) is 12.6. The largest absolute Gasteiger partial charge is 0.290 e. The molecule has 19 heavy (non-hydrogen) atoms. The van der Waals surface area contributed by atoms with Crippen LogP contribution in [0, 0.1) is 14.9 Å². The van der Waals surface area contributed by atoms with Gasteiger partial charge >= 0.3 is 0 Å². The highest BCUT2D eigenvalue weighted by Gasteiger charge is 2.23. The van der Waals surface area contributed by atoms with Crippen molar-refractivity contribution in [2.45, 2.75) is 19.6 Å². The third kappa shape index (κ3) is 2.48. The zero-order valence-electron chi connectivity index (χ0n) is 10.3. The molecule has 0 aliphatic carbocycles. The molecular formula is C15H12IN3.